The number of carboxylic acid groups (broad SMARTS) is 1. The molecule has 1 amide bonds. The molecule has 1 aromatic rings. The third-order valence-electron chi connectivity index (χ3n) is 4.76. The van der Waals surface area contributed by atoms with Crippen molar-refractivity contribution in [1.82, 2.24) is 0 Å². The number of nitro groups is 1. The van der Waals surface area contributed by atoms with Crippen molar-refractivity contribution < 1.29 is 24.4 Å². The highest BCUT2D eigenvalue weighted by Crippen LogP contribution is 2.52. The van der Waals surface area contributed by atoms with Crippen molar-refractivity contribution in [2.24, 2.45) is 11.8 Å². The van der Waals surface area contributed by atoms with E-state index in [4.69, 9.17) is 4.74 Å². The molecule has 2 saturated heterocycles. The Balaban J connectivity index is 1.69. The number of hydrogen-bond donors (Lipinski definition) is 1. The van der Waals surface area contributed by atoms with Crippen LogP contribution >= 0.6 is 0 Å². The number of fused-ring (bicyclic) bond motifs is 1. The number of carbonyl (C=O) groups is 2. The second kappa shape index (κ2) is 4.39. The number of rotatable bonds is 3. The minimum Gasteiger partial charge on any atom is -0.481 e. The van der Waals surface area contributed by atoms with E-state index in [1.807, 2.05) is 0 Å². The zero-order valence-electron chi connectivity index (χ0n) is 11.8. The molecule has 2 bridgehead atoms. The predicted octanol–water partition coefficient (Wildman–Crippen LogP) is 0.966. The van der Waals surface area contributed by atoms with Crippen molar-refractivity contribution in [3.63, 3.8) is 0 Å². The number of aliphatic carboxylic acids is 1. The number of amides is 1. The first kappa shape index (κ1) is 13.9. The number of benzene rings is 1. The zero-order valence-corrected chi connectivity index (χ0v) is 11.8. The van der Waals surface area contributed by atoms with E-state index in [9.17, 15) is 24.8 Å². The number of non-ortho nitro benzene ring substituents is 1. The van der Waals surface area contributed by atoms with E-state index >= 15 is 0 Å². The largest absolute Gasteiger partial charge is 0.481 e. The van der Waals surface area contributed by atoms with Crippen LogP contribution in [0.5, 0.6) is 0 Å². The monoisotopic (exact) mass is 316 g/mol. The summed E-state index contributed by atoms with van der Waals surface area (Å²) in [5, 5.41) is 20.1. The molecular formula is C15H12N2O6. The smallest absolute Gasteiger partial charge is 0.310 e. The maximum atomic E-state index is 12.7. The van der Waals surface area contributed by atoms with Crippen LogP contribution in [0.25, 0.3) is 0 Å². The Morgan fingerprint density at radius 2 is 2.09 bits per heavy atom. The lowest BCUT2D eigenvalue weighted by Crippen LogP contribution is -2.39. The maximum Gasteiger partial charge on any atom is 0.310 e. The fourth-order valence-corrected chi connectivity index (χ4v) is 3.75. The van der Waals surface area contributed by atoms with Crippen LogP contribution in [0.3, 0.4) is 0 Å². The van der Waals surface area contributed by atoms with Gasteiger partial charge in [-0.3, -0.25) is 19.7 Å². The Kier molecular flexibility index (Phi) is 2.65. The second-order valence-electron chi connectivity index (χ2n) is 5.94. The Bertz CT molecular complexity index is 758. The summed E-state index contributed by atoms with van der Waals surface area (Å²) in [6, 6.07) is 5.60. The topological polar surface area (TPSA) is 110 Å². The molecule has 0 aromatic heterocycles. The van der Waals surface area contributed by atoms with Gasteiger partial charge in [-0.1, -0.05) is 12.2 Å². The van der Waals surface area contributed by atoms with E-state index in [0.29, 0.717) is 5.69 Å². The molecule has 1 N–H and O–H groups in total. The Labute approximate surface area is 130 Å². The fourth-order valence-electron chi connectivity index (χ4n) is 3.75. The van der Waals surface area contributed by atoms with Crippen molar-refractivity contribution in [1.29, 1.82) is 0 Å². The molecule has 0 radical (unpaired) electrons. The van der Waals surface area contributed by atoms with Gasteiger partial charge in [-0.15, -0.1) is 0 Å². The first-order valence-electron chi connectivity index (χ1n) is 7.09. The molecule has 8 nitrogen and oxygen atoms in total. The molecule has 3 aliphatic rings. The fraction of sp³-hybridized carbons (Fsp3) is 0.333. The lowest BCUT2D eigenvalue weighted by Gasteiger charge is -2.21. The molecule has 118 valence electrons. The third kappa shape index (κ3) is 1.75. The van der Waals surface area contributed by atoms with Gasteiger partial charge in [0.1, 0.15) is 11.5 Å². The Hall–Kier alpha value is -2.74. The molecule has 1 spiro atoms. The average Bonchev–Trinajstić information content (AvgIpc) is 3.15. The van der Waals surface area contributed by atoms with Gasteiger partial charge >= 0.3 is 5.97 Å². The molecule has 0 saturated carbocycles. The van der Waals surface area contributed by atoms with Crippen molar-refractivity contribution in [3.05, 3.63) is 46.5 Å². The predicted molar refractivity (Wildman–Crippen MR) is 76.8 cm³/mol. The van der Waals surface area contributed by atoms with Crippen LogP contribution in [0, 0.1) is 22.0 Å². The molecule has 2 fully saturated rings. The van der Waals surface area contributed by atoms with Crippen LogP contribution < -0.4 is 4.90 Å². The number of carboxylic acids is 1. The highest BCUT2D eigenvalue weighted by Gasteiger charge is 2.67. The summed E-state index contributed by atoms with van der Waals surface area (Å²) in [5.74, 6) is -3.02. The van der Waals surface area contributed by atoms with E-state index in [2.05, 4.69) is 0 Å². The quantitative estimate of drug-likeness (QED) is 0.505. The van der Waals surface area contributed by atoms with Crippen LogP contribution in [0.15, 0.2) is 36.4 Å². The SMILES string of the molecule is O=C(O)[C@@H]1[C@H]2C=C[C@]3(CN(c4ccc([N+](=O)[O-])cc4)C(=O)[C@@H]13)O2. The van der Waals surface area contributed by atoms with Crippen molar-refractivity contribution in [3.8, 4) is 0 Å². The Morgan fingerprint density at radius 1 is 1.39 bits per heavy atom. The first-order valence-corrected chi connectivity index (χ1v) is 7.09. The molecule has 8 heteroatoms. The summed E-state index contributed by atoms with van der Waals surface area (Å²) in [7, 11) is 0. The van der Waals surface area contributed by atoms with Crippen LogP contribution in [0.2, 0.25) is 0 Å². The number of hydrogen-bond acceptors (Lipinski definition) is 5. The Morgan fingerprint density at radius 3 is 2.70 bits per heavy atom. The molecule has 0 aliphatic carbocycles. The summed E-state index contributed by atoms with van der Waals surface area (Å²) in [5.41, 5.74) is -0.486. The van der Waals surface area contributed by atoms with Crippen molar-refractivity contribution >= 4 is 23.3 Å². The molecule has 4 rings (SSSR count). The lowest BCUT2D eigenvalue weighted by atomic mass is 9.77. The van der Waals surface area contributed by atoms with Crippen molar-refractivity contribution in [2.75, 3.05) is 11.4 Å². The normalized spacial score (nSPS) is 34.0. The summed E-state index contributed by atoms with van der Waals surface area (Å²) in [4.78, 5) is 35.8. The van der Waals surface area contributed by atoms with Crippen LogP contribution in [0.1, 0.15) is 0 Å². The van der Waals surface area contributed by atoms with Gasteiger partial charge in [0.05, 0.1) is 23.5 Å². The van der Waals surface area contributed by atoms with Gasteiger partial charge in [0.15, 0.2) is 0 Å². The molecular weight excluding hydrogens is 304 g/mol. The van der Waals surface area contributed by atoms with Gasteiger partial charge in [0.25, 0.3) is 5.69 Å². The van der Waals surface area contributed by atoms with E-state index in [0.717, 1.165) is 0 Å². The number of nitro benzene ring substituents is 1. The highest BCUT2D eigenvalue weighted by molar-refractivity contribution is 6.02. The van der Waals surface area contributed by atoms with E-state index in [1.165, 1.54) is 29.2 Å². The molecule has 3 aliphatic heterocycles. The van der Waals surface area contributed by atoms with E-state index in [-0.39, 0.29) is 18.1 Å². The number of carbonyl (C=O) groups excluding carboxylic acids is 1. The van der Waals surface area contributed by atoms with E-state index in [1.54, 1.807) is 12.2 Å². The summed E-state index contributed by atoms with van der Waals surface area (Å²) in [6.45, 7) is 0.213. The standard InChI is InChI=1S/C15H12N2O6/c18-13-12-11(14(19)20)10-5-6-15(12,23-10)7-16(13)8-1-3-9(4-2-8)17(21)22/h1-6,10-12H,7H2,(H,19,20)/t10-,11-,12-,15-/m1/s1. The summed E-state index contributed by atoms with van der Waals surface area (Å²) < 4.78 is 5.78. The van der Waals surface area contributed by atoms with Crippen molar-refractivity contribution in [2.45, 2.75) is 11.7 Å². The van der Waals surface area contributed by atoms with Gasteiger partial charge < -0.3 is 14.7 Å². The second-order valence-corrected chi connectivity index (χ2v) is 5.94. The van der Waals surface area contributed by atoms with Gasteiger partial charge in [-0.2, -0.15) is 0 Å². The maximum absolute atomic E-state index is 12.7. The highest BCUT2D eigenvalue weighted by atomic mass is 16.6. The molecule has 0 unspecified atom stereocenters. The van der Waals surface area contributed by atoms with Crippen LogP contribution in [-0.2, 0) is 14.3 Å². The minimum absolute atomic E-state index is 0.0701. The summed E-state index contributed by atoms with van der Waals surface area (Å²) in [6.07, 6.45) is 2.90. The summed E-state index contributed by atoms with van der Waals surface area (Å²) >= 11 is 0. The van der Waals surface area contributed by atoms with Crippen LogP contribution in [-0.4, -0.2) is 40.2 Å². The number of nitrogens with zero attached hydrogens (tertiary/aromatic N) is 2. The third-order valence-corrected chi connectivity index (χ3v) is 4.76. The van der Waals surface area contributed by atoms with Gasteiger partial charge in [-0.25, -0.2) is 0 Å². The number of ether oxygens (including phenoxy) is 1. The van der Waals surface area contributed by atoms with Gasteiger partial charge in [-0.05, 0) is 12.1 Å². The molecule has 3 heterocycles. The average molecular weight is 316 g/mol. The zero-order chi connectivity index (χ0) is 16.4. The molecule has 1 aromatic carbocycles. The van der Waals surface area contributed by atoms with Gasteiger partial charge in [0.2, 0.25) is 5.91 Å². The molecule has 23 heavy (non-hydrogen) atoms. The van der Waals surface area contributed by atoms with Crippen LogP contribution in [0.4, 0.5) is 11.4 Å². The molecule has 4 atom stereocenters. The first-order chi connectivity index (χ1) is 10.9. The number of anilines is 1. The van der Waals surface area contributed by atoms with E-state index < -0.39 is 34.4 Å². The minimum atomic E-state index is -1.05. The van der Waals surface area contributed by atoms with Gasteiger partial charge in [0, 0.05) is 17.8 Å². The lowest BCUT2D eigenvalue weighted by molar-refractivity contribution is -0.384.